The van der Waals surface area contributed by atoms with Gasteiger partial charge < -0.3 is 5.32 Å². The molecule has 82 valence electrons. The molecule has 0 bridgehead atoms. The van der Waals surface area contributed by atoms with Crippen LogP contribution in [0.5, 0.6) is 0 Å². The molecule has 1 nitrogen and oxygen atoms in total. The normalized spacial score (nSPS) is 39.4. The van der Waals surface area contributed by atoms with Crippen LogP contribution < -0.4 is 5.32 Å². The van der Waals surface area contributed by atoms with E-state index in [9.17, 15) is 0 Å². The maximum atomic E-state index is 3.72. The lowest BCUT2D eigenvalue weighted by Crippen LogP contribution is -2.46. The fraction of sp³-hybridized carbons (Fsp3) is 1.00. The highest BCUT2D eigenvalue weighted by molar-refractivity contribution is 8.00. The van der Waals surface area contributed by atoms with Crippen LogP contribution in [0.4, 0.5) is 0 Å². The number of hydrogen-bond donors (Lipinski definition) is 1. The first-order valence-corrected chi connectivity index (χ1v) is 7.15. The second-order valence-corrected chi connectivity index (χ2v) is 6.68. The van der Waals surface area contributed by atoms with Crippen LogP contribution in [0.15, 0.2) is 0 Å². The van der Waals surface area contributed by atoms with Gasteiger partial charge in [0.25, 0.3) is 0 Å². The van der Waals surface area contributed by atoms with E-state index >= 15 is 0 Å². The molecule has 1 heterocycles. The van der Waals surface area contributed by atoms with Gasteiger partial charge in [-0.3, -0.25) is 0 Å². The van der Waals surface area contributed by atoms with Crippen LogP contribution in [0.3, 0.4) is 0 Å². The Labute approximate surface area is 92.4 Å². The summed E-state index contributed by atoms with van der Waals surface area (Å²) >= 11 is 2.07. The highest BCUT2D eigenvalue weighted by Crippen LogP contribution is 2.38. The highest BCUT2D eigenvalue weighted by atomic mass is 32.2. The fourth-order valence-electron chi connectivity index (χ4n) is 2.38. The molecule has 0 unspecified atom stereocenters. The van der Waals surface area contributed by atoms with Crippen LogP contribution in [0.25, 0.3) is 0 Å². The Balaban J connectivity index is 1.71. The van der Waals surface area contributed by atoms with Crippen molar-refractivity contribution < 1.29 is 0 Å². The van der Waals surface area contributed by atoms with Gasteiger partial charge in [0.15, 0.2) is 0 Å². The Bertz CT molecular complexity index is 181. The summed E-state index contributed by atoms with van der Waals surface area (Å²) in [5.74, 6) is 3.65. The molecule has 0 radical (unpaired) electrons. The maximum absolute atomic E-state index is 3.72. The van der Waals surface area contributed by atoms with E-state index in [1.54, 1.807) is 0 Å². The Morgan fingerprint density at radius 1 is 1.29 bits per heavy atom. The Hall–Kier alpha value is 0.310. The molecule has 0 aromatic heterocycles. The lowest BCUT2D eigenvalue weighted by molar-refractivity contribution is 0.169. The van der Waals surface area contributed by atoms with E-state index in [4.69, 9.17) is 0 Å². The predicted molar refractivity (Wildman–Crippen MR) is 64.9 cm³/mol. The van der Waals surface area contributed by atoms with Crippen molar-refractivity contribution >= 4 is 11.8 Å². The zero-order valence-corrected chi connectivity index (χ0v) is 10.3. The molecule has 2 aliphatic rings. The molecule has 1 aliphatic heterocycles. The molecule has 2 rings (SSSR count). The van der Waals surface area contributed by atoms with Crippen LogP contribution in [0.1, 0.15) is 39.5 Å². The average molecular weight is 213 g/mol. The average Bonchev–Trinajstić information content (AvgIpc) is 2.08. The molecular weight excluding hydrogens is 190 g/mol. The summed E-state index contributed by atoms with van der Waals surface area (Å²) in [5.41, 5.74) is 0.604. The Morgan fingerprint density at radius 3 is 2.43 bits per heavy atom. The van der Waals surface area contributed by atoms with Crippen molar-refractivity contribution in [2.75, 3.05) is 18.1 Å². The summed E-state index contributed by atoms with van der Waals surface area (Å²) in [5, 5.41) is 3.72. The Kier molecular flexibility index (Phi) is 3.43. The first-order chi connectivity index (χ1) is 6.68. The molecule has 2 fully saturated rings. The second-order valence-electron chi connectivity index (χ2n) is 5.61. The summed E-state index contributed by atoms with van der Waals surface area (Å²) in [4.78, 5) is 0. The number of rotatable bonds is 3. The molecule has 0 atom stereocenters. The van der Waals surface area contributed by atoms with E-state index in [1.165, 1.54) is 43.7 Å². The standard InChI is InChI=1S/C12H23NS/c1-10-3-5-12(2,6-4-10)9-13-11-7-14-8-11/h10-11,13H,3-9H2,1-2H3. The summed E-state index contributed by atoms with van der Waals surface area (Å²) < 4.78 is 0. The van der Waals surface area contributed by atoms with Crippen LogP contribution >= 0.6 is 11.8 Å². The van der Waals surface area contributed by atoms with Crippen LogP contribution in [-0.4, -0.2) is 24.1 Å². The predicted octanol–water partition coefficient (Wildman–Crippen LogP) is 2.91. The van der Waals surface area contributed by atoms with E-state index in [2.05, 4.69) is 30.9 Å². The van der Waals surface area contributed by atoms with Crippen molar-refractivity contribution in [1.82, 2.24) is 5.32 Å². The third-order valence-electron chi connectivity index (χ3n) is 3.94. The zero-order chi connectivity index (χ0) is 10.0. The van der Waals surface area contributed by atoms with Crippen molar-refractivity contribution in [3.8, 4) is 0 Å². The van der Waals surface area contributed by atoms with Gasteiger partial charge in [0.05, 0.1) is 0 Å². The summed E-state index contributed by atoms with van der Waals surface area (Å²) in [6.07, 6.45) is 5.75. The van der Waals surface area contributed by atoms with Crippen molar-refractivity contribution in [2.24, 2.45) is 11.3 Å². The number of hydrogen-bond acceptors (Lipinski definition) is 2. The van der Waals surface area contributed by atoms with Gasteiger partial charge in [-0.2, -0.15) is 11.8 Å². The van der Waals surface area contributed by atoms with Crippen molar-refractivity contribution in [3.05, 3.63) is 0 Å². The van der Waals surface area contributed by atoms with E-state index in [0.717, 1.165) is 12.0 Å². The lowest BCUT2D eigenvalue weighted by Gasteiger charge is -2.39. The third kappa shape index (κ3) is 2.66. The Morgan fingerprint density at radius 2 is 1.93 bits per heavy atom. The smallest absolute Gasteiger partial charge is 0.0249 e. The van der Waals surface area contributed by atoms with Crippen molar-refractivity contribution in [2.45, 2.75) is 45.6 Å². The largest absolute Gasteiger partial charge is 0.312 e. The fourth-order valence-corrected chi connectivity index (χ4v) is 3.09. The summed E-state index contributed by atoms with van der Waals surface area (Å²) in [6, 6.07) is 0.830. The molecule has 1 saturated carbocycles. The summed E-state index contributed by atoms with van der Waals surface area (Å²) in [7, 11) is 0. The SMILES string of the molecule is CC1CCC(C)(CNC2CSC2)CC1. The maximum Gasteiger partial charge on any atom is 0.0249 e. The molecule has 2 heteroatoms. The van der Waals surface area contributed by atoms with Gasteiger partial charge in [-0.25, -0.2) is 0 Å². The molecule has 1 aliphatic carbocycles. The minimum Gasteiger partial charge on any atom is -0.312 e. The van der Waals surface area contributed by atoms with Gasteiger partial charge in [-0.05, 0) is 24.2 Å². The number of nitrogens with one attached hydrogen (secondary N) is 1. The van der Waals surface area contributed by atoms with E-state index in [0.29, 0.717) is 5.41 Å². The van der Waals surface area contributed by atoms with Crippen molar-refractivity contribution in [1.29, 1.82) is 0 Å². The van der Waals surface area contributed by atoms with E-state index in [1.807, 2.05) is 0 Å². The quantitative estimate of drug-likeness (QED) is 0.773. The first-order valence-electron chi connectivity index (χ1n) is 5.99. The van der Waals surface area contributed by atoms with Crippen LogP contribution in [-0.2, 0) is 0 Å². The van der Waals surface area contributed by atoms with Gasteiger partial charge in [0, 0.05) is 24.1 Å². The molecule has 0 spiro atoms. The van der Waals surface area contributed by atoms with Gasteiger partial charge in [0.2, 0.25) is 0 Å². The third-order valence-corrected chi connectivity index (χ3v) is 5.21. The first kappa shape index (κ1) is 10.8. The van der Waals surface area contributed by atoms with Gasteiger partial charge in [-0.15, -0.1) is 0 Å². The van der Waals surface area contributed by atoms with Crippen LogP contribution in [0.2, 0.25) is 0 Å². The van der Waals surface area contributed by atoms with Gasteiger partial charge in [-0.1, -0.05) is 26.7 Å². The molecule has 14 heavy (non-hydrogen) atoms. The van der Waals surface area contributed by atoms with E-state index in [-0.39, 0.29) is 0 Å². The van der Waals surface area contributed by atoms with Crippen LogP contribution in [0, 0.1) is 11.3 Å². The molecule has 0 aromatic rings. The highest BCUT2D eigenvalue weighted by Gasteiger charge is 2.30. The number of thioether (sulfide) groups is 1. The minimum atomic E-state index is 0.604. The molecule has 1 N–H and O–H groups in total. The summed E-state index contributed by atoms with van der Waals surface area (Å²) in [6.45, 7) is 6.12. The molecule has 1 saturated heterocycles. The van der Waals surface area contributed by atoms with Crippen molar-refractivity contribution in [3.63, 3.8) is 0 Å². The topological polar surface area (TPSA) is 12.0 Å². The van der Waals surface area contributed by atoms with Gasteiger partial charge >= 0.3 is 0 Å². The monoisotopic (exact) mass is 213 g/mol. The zero-order valence-electron chi connectivity index (χ0n) is 9.51. The molecular formula is C12H23NS. The van der Waals surface area contributed by atoms with E-state index < -0.39 is 0 Å². The second kappa shape index (κ2) is 4.44. The van der Waals surface area contributed by atoms with Gasteiger partial charge in [0.1, 0.15) is 0 Å². The minimum absolute atomic E-state index is 0.604. The molecule has 0 amide bonds. The lowest BCUT2D eigenvalue weighted by atomic mass is 9.72. The molecule has 0 aromatic carbocycles.